The second-order valence-electron chi connectivity index (χ2n) is 4.45. The number of nitrogens with zero attached hydrogens (tertiary/aromatic N) is 2. The molecule has 1 aliphatic heterocycles. The van der Waals surface area contributed by atoms with Gasteiger partial charge in [-0.3, -0.25) is 4.99 Å². The molecule has 0 aromatic heterocycles. The summed E-state index contributed by atoms with van der Waals surface area (Å²) < 4.78 is 0. The van der Waals surface area contributed by atoms with Gasteiger partial charge in [0.2, 0.25) is 0 Å². The Morgan fingerprint density at radius 1 is 1.47 bits per heavy atom. The number of benzene rings is 1. The van der Waals surface area contributed by atoms with E-state index in [2.05, 4.69) is 51.5 Å². The standard InChI is InChI=1S/C15H19N3.HI/c1-3-10-17-15(16-2)18-11-9-14(12-18)13-7-5-4-6-8-13;/h1,4-8,14H,9-12H2,2H3,(H,16,17);1H. The van der Waals surface area contributed by atoms with Crippen LogP contribution in [0.4, 0.5) is 0 Å². The summed E-state index contributed by atoms with van der Waals surface area (Å²) in [6.45, 7) is 2.57. The fourth-order valence-corrected chi connectivity index (χ4v) is 2.41. The van der Waals surface area contributed by atoms with Crippen LogP contribution in [0.15, 0.2) is 35.3 Å². The molecule has 1 saturated heterocycles. The summed E-state index contributed by atoms with van der Waals surface area (Å²) in [6, 6.07) is 10.7. The molecule has 0 aliphatic carbocycles. The lowest BCUT2D eigenvalue weighted by Gasteiger charge is -2.20. The van der Waals surface area contributed by atoms with Crippen LogP contribution in [0.25, 0.3) is 0 Å². The van der Waals surface area contributed by atoms with Crippen LogP contribution in [-0.2, 0) is 0 Å². The van der Waals surface area contributed by atoms with Gasteiger partial charge in [0.15, 0.2) is 5.96 Å². The van der Waals surface area contributed by atoms with Crippen LogP contribution in [0.5, 0.6) is 0 Å². The third-order valence-electron chi connectivity index (χ3n) is 3.32. The number of hydrogen-bond donors (Lipinski definition) is 1. The summed E-state index contributed by atoms with van der Waals surface area (Å²) in [4.78, 5) is 6.54. The first-order valence-corrected chi connectivity index (χ1v) is 6.29. The summed E-state index contributed by atoms with van der Waals surface area (Å²) in [7, 11) is 1.80. The Kier molecular flexibility index (Phi) is 6.71. The molecule has 1 atom stereocenters. The van der Waals surface area contributed by atoms with Crippen molar-refractivity contribution in [1.29, 1.82) is 0 Å². The van der Waals surface area contributed by atoms with Crippen molar-refractivity contribution in [3.05, 3.63) is 35.9 Å². The van der Waals surface area contributed by atoms with Crippen molar-refractivity contribution in [3.63, 3.8) is 0 Å². The summed E-state index contributed by atoms with van der Waals surface area (Å²) in [5, 5.41) is 3.17. The lowest BCUT2D eigenvalue weighted by Crippen LogP contribution is -2.40. The second-order valence-corrected chi connectivity index (χ2v) is 4.45. The van der Waals surface area contributed by atoms with Gasteiger partial charge < -0.3 is 10.2 Å². The predicted octanol–water partition coefficient (Wildman–Crippen LogP) is 2.30. The van der Waals surface area contributed by atoms with Crippen LogP contribution in [0.1, 0.15) is 17.9 Å². The molecule has 1 aliphatic rings. The normalized spacial score (nSPS) is 18.6. The zero-order valence-electron chi connectivity index (χ0n) is 11.2. The summed E-state index contributed by atoms with van der Waals surface area (Å²) in [5.41, 5.74) is 1.41. The van der Waals surface area contributed by atoms with E-state index >= 15 is 0 Å². The van der Waals surface area contributed by atoms with Gasteiger partial charge in [0.25, 0.3) is 0 Å². The number of terminal acetylenes is 1. The van der Waals surface area contributed by atoms with E-state index in [1.54, 1.807) is 7.05 Å². The fraction of sp³-hybridized carbons (Fsp3) is 0.400. The SMILES string of the molecule is C#CCNC(=NC)N1CCC(c2ccccc2)C1.I. The Balaban J connectivity index is 0.00000180. The molecule has 102 valence electrons. The lowest BCUT2D eigenvalue weighted by molar-refractivity contribution is 0.490. The highest BCUT2D eigenvalue weighted by Gasteiger charge is 2.25. The third kappa shape index (κ3) is 4.13. The van der Waals surface area contributed by atoms with Crippen LogP contribution in [0.2, 0.25) is 0 Å². The molecule has 1 aromatic rings. The van der Waals surface area contributed by atoms with Gasteiger partial charge in [0, 0.05) is 26.1 Å². The summed E-state index contributed by atoms with van der Waals surface area (Å²) in [6.07, 6.45) is 6.43. The molecule has 3 nitrogen and oxygen atoms in total. The maximum Gasteiger partial charge on any atom is 0.194 e. The molecular weight excluding hydrogens is 349 g/mol. The number of likely N-dealkylation sites (tertiary alicyclic amines) is 1. The predicted molar refractivity (Wildman–Crippen MR) is 91.0 cm³/mol. The fourth-order valence-electron chi connectivity index (χ4n) is 2.41. The van der Waals surface area contributed by atoms with E-state index in [0.29, 0.717) is 12.5 Å². The van der Waals surface area contributed by atoms with Gasteiger partial charge in [-0.15, -0.1) is 30.4 Å². The van der Waals surface area contributed by atoms with Crippen LogP contribution in [0.3, 0.4) is 0 Å². The van der Waals surface area contributed by atoms with E-state index < -0.39 is 0 Å². The molecule has 1 fully saturated rings. The largest absolute Gasteiger partial charge is 0.345 e. The third-order valence-corrected chi connectivity index (χ3v) is 3.32. The maximum atomic E-state index is 5.26. The molecule has 19 heavy (non-hydrogen) atoms. The number of rotatable bonds is 2. The van der Waals surface area contributed by atoms with E-state index in [0.717, 1.165) is 19.0 Å². The molecule has 0 radical (unpaired) electrons. The topological polar surface area (TPSA) is 27.6 Å². The Bertz CT molecular complexity index is 450. The van der Waals surface area contributed by atoms with Crippen molar-refractivity contribution in [1.82, 2.24) is 10.2 Å². The van der Waals surface area contributed by atoms with Crippen LogP contribution in [0, 0.1) is 12.3 Å². The average molecular weight is 369 g/mol. The number of hydrogen-bond acceptors (Lipinski definition) is 1. The first kappa shape index (κ1) is 15.8. The summed E-state index contributed by atoms with van der Waals surface area (Å²) >= 11 is 0. The van der Waals surface area contributed by atoms with Crippen molar-refractivity contribution in [2.75, 3.05) is 26.7 Å². The lowest BCUT2D eigenvalue weighted by atomic mass is 9.99. The van der Waals surface area contributed by atoms with Crippen molar-refractivity contribution in [2.45, 2.75) is 12.3 Å². The minimum atomic E-state index is 0. The van der Waals surface area contributed by atoms with E-state index in [9.17, 15) is 0 Å². The van der Waals surface area contributed by atoms with Crippen LogP contribution >= 0.6 is 24.0 Å². The zero-order valence-corrected chi connectivity index (χ0v) is 13.5. The monoisotopic (exact) mass is 369 g/mol. The van der Waals surface area contributed by atoms with Gasteiger partial charge in [-0.1, -0.05) is 36.3 Å². The second kappa shape index (κ2) is 8.05. The van der Waals surface area contributed by atoms with Crippen LogP contribution < -0.4 is 5.32 Å². The number of halogens is 1. The molecule has 0 bridgehead atoms. The Morgan fingerprint density at radius 3 is 2.84 bits per heavy atom. The van der Waals surface area contributed by atoms with Gasteiger partial charge in [-0.25, -0.2) is 0 Å². The number of nitrogens with one attached hydrogen (secondary N) is 1. The van der Waals surface area contributed by atoms with Crippen LogP contribution in [-0.4, -0.2) is 37.5 Å². The number of guanidine groups is 1. The minimum Gasteiger partial charge on any atom is -0.345 e. The van der Waals surface area contributed by atoms with E-state index in [1.165, 1.54) is 12.0 Å². The molecule has 1 unspecified atom stereocenters. The van der Waals surface area contributed by atoms with Crippen molar-refractivity contribution in [3.8, 4) is 12.3 Å². The van der Waals surface area contributed by atoms with E-state index in [4.69, 9.17) is 6.42 Å². The van der Waals surface area contributed by atoms with Gasteiger partial charge >= 0.3 is 0 Å². The molecule has 1 N–H and O–H groups in total. The molecule has 2 rings (SSSR count). The molecular formula is C15H20IN3. The number of aliphatic imine (C=N–C) groups is 1. The minimum absolute atomic E-state index is 0. The Labute approximate surface area is 132 Å². The quantitative estimate of drug-likeness (QED) is 0.375. The molecule has 4 heteroatoms. The molecule has 0 spiro atoms. The first-order valence-electron chi connectivity index (χ1n) is 6.29. The smallest absolute Gasteiger partial charge is 0.194 e. The van der Waals surface area contributed by atoms with Crippen molar-refractivity contribution < 1.29 is 0 Å². The van der Waals surface area contributed by atoms with Gasteiger partial charge in [-0.2, -0.15) is 0 Å². The van der Waals surface area contributed by atoms with Gasteiger partial charge in [0.05, 0.1) is 6.54 Å². The zero-order chi connectivity index (χ0) is 12.8. The van der Waals surface area contributed by atoms with E-state index in [1.807, 2.05) is 0 Å². The van der Waals surface area contributed by atoms with E-state index in [-0.39, 0.29) is 24.0 Å². The summed E-state index contributed by atoms with van der Waals surface area (Å²) in [5.74, 6) is 4.08. The molecule has 0 amide bonds. The van der Waals surface area contributed by atoms with Gasteiger partial charge in [-0.05, 0) is 12.0 Å². The maximum absolute atomic E-state index is 5.26. The highest BCUT2D eigenvalue weighted by Crippen LogP contribution is 2.26. The molecule has 0 saturated carbocycles. The molecule has 1 aromatic carbocycles. The van der Waals surface area contributed by atoms with Gasteiger partial charge in [0.1, 0.15) is 0 Å². The van der Waals surface area contributed by atoms with Crippen molar-refractivity contribution >= 4 is 29.9 Å². The Hall–Kier alpha value is -1.22. The van der Waals surface area contributed by atoms with Crippen molar-refractivity contribution in [2.24, 2.45) is 4.99 Å². The Morgan fingerprint density at radius 2 is 2.21 bits per heavy atom. The first-order chi connectivity index (χ1) is 8.85. The average Bonchev–Trinajstić information content (AvgIpc) is 2.90. The highest BCUT2D eigenvalue weighted by molar-refractivity contribution is 14.0. The highest BCUT2D eigenvalue weighted by atomic mass is 127. The molecule has 1 heterocycles.